The van der Waals surface area contributed by atoms with Crippen LogP contribution in [0.2, 0.25) is 0 Å². The number of carbonyl (C=O) groups is 1. The summed E-state index contributed by atoms with van der Waals surface area (Å²) in [5.74, 6) is 0.929. The molecule has 0 bridgehead atoms. The number of amides is 1. The average molecular weight is 224 g/mol. The zero-order chi connectivity index (χ0) is 11.4. The Hall–Kier alpha value is -0.570. The van der Waals surface area contributed by atoms with Gasteiger partial charge in [0.15, 0.2) is 0 Å². The van der Waals surface area contributed by atoms with Crippen LogP contribution < -0.4 is 10.6 Å². The van der Waals surface area contributed by atoms with Gasteiger partial charge < -0.3 is 10.6 Å². The van der Waals surface area contributed by atoms with Crippen molar-refractivity contribution in [1.82, 2.24) is 10.6 Å². The van der Waals surface area contributed by atoms with Crippen molar-refractivity contribution < 1.29 is 4.79 Å². The third-order valence-electron chi connectivity index (χ3n) is 4.15. The van der Waals surface area contributed by atoms with Crippen LogP contribution in [-0.4, -0.2) is 24.5 Å². The number of carbonyl (C=O) groups excluding carboxylic acids is 1. The van der Waals surface area contributed by atoms with E-state index in [1.165, 1.54) is 32.1 Å². The Morgan fingerprint density at radius 3 is 2.69 bits per heavy atom. The summed E-state index contributed by atoms with van der Waals surface area (Å²) >= 11 is 0. The maximum atomic E-state index is 12.0. The van der Waals surface area contributed by atoms with Crippen LogP contribution >= 0.6 is 0 Å². The van der Waals surface area contributed by atoms with Crippen molar-refractivity contribution in [2.45, 2.75) is 57.4 Å². The molecule has 92 valence electrons. The Morgan fingerprint density at radius 1 is 1.31 bits per heavy atom. The molecule has 1 atom stereocenters. The molecule has 0 radical (unpaired) electrons. The highest BCUT2D eigenvalue weighted by atomic mass is 16.2. The van der Waals surface area contributed by atoms with Gasteiger partial charge >= 0.3 is 0 Å². The van der Waals surface area contributed by atoms with Gasteiger partial charge in [0.05, 0.1) is 5.54 Å². The highest BCUT2D eigenvalue weighted by molar-refractivity contribution is 5.86. The first-order valence-electron chi connectivity index (χ1n) is 6.74. The predicted octanol–water partition coefficient (Wildman–Crippen LogP) is 1.82. The van der Waals surface area contributed by atoms with Gasteiger partial charge in [-0.15, -0.1) is 0 Å². The lowest BCUT2D eigenvalue weighted by Gasteiger charge is -2.26. The fraction of sp³-hybridized carbons (Fsp3) is 0.923. The molecule has 2 aliphatic rings. The molecule has 1 amide bonds. The summed E-state index contributed by atoms with van der Waals surface area (Å²) in [6.07, 6.45) is 8.75. The van der Waals surface area contributed by atoms with Crippen molar-refractivity contribution in [3.63, 3.8) is 0 Å². The Morgan fingerprint density at radius 2 is 2.06 bits per heavy atom. The van der Waals surface area contributed by atoms with Gasteiger partial charge in [-0.25, -0.2) is 0 Å². The lowest BCUT2D eigenvalue weighted by molar-refractivity contribution is -0.126. The van der Waals surface area contributed by atoms with Gasteiger partial charge in [-0.2, -0.15) is 0 Å². The van der Waals surface area contributed by atoms with Gasteiger partial charge in [0.25, 0.3) is 0 Å². The molecule has 2 fully saturated rings. The van der Waals surface area contributed by atoms with E-state index in [-0.39, 0.29) is 11.4 Å². The highest BCUT2D eigenvalue weighted by Crippen LogP contribution is 2.23. The molecule has 0 aromatic rings. The standard InChI is InChI=1S/C13H24N2O/c1-13(8-5-9-15-13)12(16)14-10-11-6-3-2-4-7-11/h11,15H,2-10H2,1H3,(H,14,16). The topological polar surface area (TPSA) is 41.1 Å². The van der Waals surface area contributed by atoms with Crippen LogP contribution in [0.3, 0.4) is 0 Å². The van der Waals surface area contributed by atoms with E-state index in [0.29, 0.717) is 0 Å². The summed E-state index contributed by atoms with van der Waals surface area (Å²) in [7, 11) is 0. The van der Waals surface area contributed by atoms with E-state index in [4.69, 9.17) is 0 Å². The first kappa shape index (κ1) is 11.9. The van der Waals surface area contributed by atoms with E-state index in [9.17, 15) is 4.79 Å². The second-order valence-electron chi connectivity index (χ2n) is 5.58. The average Bonchev–Trinajstić information content (AvgIpc) is 2.76. The molecule has 1 unspecified atom stereocenters. The van der Waals surface area contributed by atoms with Crippen molar-refractivity contribution in [2.24, 2.45) is 5.92 Å². The number of nitrogens with one attached hydrogen (secondary N) is 2. The second-order valence-corrected chi connectivity index (χ2v) is 5.58. The molecule has 1 aliphatic heterocycles. The van der Waals surface area contributed by atoms with Crippen molar-refractivity contribution in [3.05, 3.63) is 0 Å². The highest BCUT2D eigenvalue weighted by Gasteiger charge is 2.35. The van der Waals surface area contributed by atoms with E-state index in [1.54, 1.807) is 0 Å². The summed E-state index contributed by atoms with van der Waals surface area (Å²) in [4.78, 5) is 12.0. The SMILES string of the molecule is CC1(C(=O)NCC2CCCCC2)CCCN1. The third kappa shape index (κ3) is 2.76. The van der Waals surface area contributed by atoms with Crippen LogP contribution in [0.15, 0.2) is 0 Å². The minimum absolute atomic E-state index is 0.204. The fourth-order valence-electron chi connectivity index (χ4n) is 2.91. The van der Waals surface area contributed by atoms with Gasteiger partial charge in [-0.3, -0.25) is 4.79 Å². The first-order valence-corrected chi connectivity index (χ1v) is 6.74. The first-order chi connectivity index (χ1) is 7.71. The zero-order valence-corrected chi connectivity index (χ0v) is 10.3. The summed E-state index contributed by atoms with van der Waals surface area (Å²) in [5.41, 5.74) is -0.297. The van der Waals surface area contributed by atoms with E-state index < -0.39 is 0 Å². The fourth-order valence-corrected chi connectivity index (χ4v) is 2.91. The minimum atomic E-state index is -0.297. The van der Waals surface area contributed by atoms with Gasteiger partial charge in [0.1, 0.15) is 0 Å². The van der Waals surface area contributed by atoms with Crippen LogP contribution in [0, 0.1) is 5.92 Å². The van der Waals surface area contributed by atoms with E-state index >= 15 is 0 Å². The lowest BCUT2D eigenvalue weighted by Crippen LogP contribution is -2.52. The molecule has 2 rings (SSSR count). The Kier molecular flexibility index (Phi) is 3.85. The van der Waals surface area contributed by atoms with Crippen molar-refractivity contribution in [3.8, 4) is 0 Å². The normalized spacial score (nSPS) is 31.6. The lowest BCUT2D eigenvalue weighted by atomic mass is 9.89. The molecule has 3 nitrogen and oxygen atoms in total. The molecule has 2 N–H and O–H groups in total. The van der Waals surface area contributed by atoms with Crippen LogP contribution in [0.25, 0.3) is 0 Å². The predicted molar refractivity (Wildman–Crippen MR) is 65.2 cm³/mol. The number of hydrogen-bond donors (Lipinski definition) is 2. The van der Waals surface area contributed by atoms with E-state index in [2.05, 4.69) is 10.6 Å². The molecule has 0 spiro atoms. The van der Waals surface area contributed by atoms with Crippen LogP contribution in [0.1, 0.15) is 51.9 Å². The molecule has 1 saturated carbocycles. The van der Waals surface area contributed by atoms with Crippen LogP contribution in [0.4, 0.5) is 0 Å². The van der Waals surface area contributed by atoms with Crippen molar-refractivity contribution >= 4 is 5.91 Å². The molecule has 1 aliphatic carbocycles. The van der Waals surface area contributed by atoms with Gasteiger partial charge in [0, 0.05) is 6.54 Å². The zero-order valence-electron chi connectivity index (χ0n) is 10.3. The van der Waals surface area contributed by atoms with Gasteiger partial charge in [0.2, 0.25) is 5.91 Å². The molecule has 1 saturated heterocycles. The second kappa shape index (κ2) is 5.17. The molecule has 16 heavy (non-hydrogen) atoms. The molecule has 0 aromatic carbocycles. The smallest absolute Gasteiger partial charge is 0.240 e. The number of hydrogen-bond acceptors (Lipinski definition) is 2. The maximum Gasteiger partial charge on any atom is 0.240 e. The van der Waals surface area contributed by atoms with E-state index in [1.807, 2.05) is 6.92 Å². The maximum absolute atomic E-state index is 12.0. The van der Waals surface area contributed by atoms with Crippen molar-refractivity contribution in [1.29, 1.82) is 0 Å². The van der Waals surface area contributed by atoms with Gasteiger partial charge in [-0.1, -0.05) is 19.3 Å². The number of rotatable bonds is 3. The monoisotopic (exact) mass is 224 g/mol. The summed E-state index contributed by atoms with van der Waals surface area (Å²) in [6, 6.07) is 0. The quantitative estimate of drug-likeness (QED) is 0.768. The summed E-state index contributed by atoms with van der Waals surface area (Å²) in [6.45, 7) is 3.89. The Labute approximate surface area is 98.4 Å². The minimum Gasteiger partial charge on any atom is -0.354 e. The molecular weight excluding hydrogens is 200 g/mol. The van der Waals surface area contributed by atoms with Crippen molar-refractivity contribution in [2.75, 3.05) is 13.1 Å². The van der Waals surface area contributed by atoms with Crippen LogP contribution in [-0.2, 0) is 4.79 Å². The van der Waals surface area contributed by atoms with Gasteiger partial charge in [-0.05, 0) is 45.1 Å². The van der Waals surface area contributed by atoms with Crippen LogP contribution in [0.5, 0.6) is 0 Å². The molecule has 3 heteroatoms. The Bertz CT molecular complexity index is 240. The Balaban J connectivity index is 1.74. The van der Waals surface area contributed by atoms with E-state index in [0.717, 1.165) is 31.8 Å². The molecular formula is C13H24N2O. The third-order valence-corrected chi connectivity index (χ3v) is 4.15. The largest absolute Gasteiger partial charge is 0.354 e. The summed E-state index contributed by atoms with van der Waals surface area (Å²) < 4.78 is 0. The molecule has 0 aromatic heterocycles. The summed E-state index contributed by atoms with van der Waals surface area (Å²) in [5, 5.41) is 6.44. The molecule has 1 heterocycles.